The van der Waals surface area contributed by atoms with E-state index in [4.69, 9.17) is 4.42 Å². The normalized spacial score (nSPS) is 15.4. The van der Waals surface area contributed by atoms with E-state index in [-0.39, 0.29) is 0 Å². The summed E-state index contributed by atoms with van der Waals surface area (Å²) in [4.78, 5) is 5.36. The lowest BCUT2D eigenvalue weighted by Gasteiger charge is -1.96. The zero-order valence-electron chi connectivity index (χ0n) is 8.87. The fourth-order valence-corrected chi connectivity index (χ4v) is 3.48. The zero-order valence-corrected chi connectivity index (χ0v) is 12.9. The van der Waals surface area contributed by atoms with E-state index in [9.17, 15) is 0 Å². The maximum atomic E-state index is 5.71. The molecule has 0 atom stereocenters. The first-order chi connectivity index (χ1) is 8.22. The van der Waals surface area contributed by atoms with Crippen LogP contribution in [-0.4, -0.2) is 11.0 Å². The van der Waals surface area contributed by atoms with Crippen molar-refractivity contribution in [1.82, 2.24) is 10.3 Å². The van der Waals surface area contributed by atoms with Crippen LogP contribution in [0.4, 0.5) is 0 Å². The average molecular weight is 378 g/mol. The molecule has 1 aliphatic carbocycles. The molecule has 0 unspecified atom stereocenters. The van der Waals surface area contributed by atoms with E-state index in [0.29, 0.717) is 6.04 Å². The molecule has 3 rings (SSSR count). The van der Waals surface area contributed by atoms with Crippen molar-refractivity contribution in [2.75, 3.05) is 0 Å². The maximum absolute atomic E-state index is 5.71. The van der Waals surface area contributed by atoms with E-state index >= 15 is 0 Å². The second kappa shape index (κ2) is 4.84. The van der Waals surface area contributed by atoms with Crippen LogP contribution in [0.1, 0.15) is 18.7 Å². The molecule has 0 aliphatic heterocycles. The number of nitrogens with one attached hydrogen (secondary N) is 1. The molecular weight excluding hydrogens is 368 g/mol. The molecule has 90 valence electrons. The van der Waals surface area contributed by atoms with E-state index in [1.165, 1.54) is 12.8 Å². The molecule has 17 heavy (non-hydrogen) atoms. The molecule has 1 saturated carbocycles. The van der Waals surface area contributed by atoms with Gasteiger partial charge in [-0.15, -0.1) is 11.3 Å². The van der Waals surface area contributed by atoms with Crippen molar-refractivity contribution in [3.63, 3.8) is 0 Å². The topological polar surface area (TPSA) is 38.1 Å². The minimum absolute atomic E-state index is 0.676. The Bertz CT molecular complexity index is 514. The van der Waals surface area contributed by atoms with Crippen molar-refractivity contribution in [1.29, 1.82) is 0 Å². The van der Waals surface area contributed by atoms with Crippen LogP contribution in [-0.2, 0) is 6.54 Å². The second-order valence-corrected chi connectivity index (χ2v) is 7.23. The van der Waals surface area contributed by atoms with Crippen LogP contribution in [0.3, 0.4) is 0 Å². The fourth-order valence-electron chi connectivity index (χ4n) is 1.49. The van der Waals surface area contributed by atoms with Gasteiger partial charge in [0.1, 0.15) is 0 Å². The summed E-state index contributed by atoms with van der Waals surface area (Å²) in [7, 11) is 0. The molecule has 6 heteroatoms. The van der Waals surface area contributed by atoms with Gasteiger partial charge in [-0.05, 0) is 50.8 Å². The molecule has 2 heterocycles. The number of hydrogen-bond donors (Lipinski definition) is 1. The predicted octanol–water partition coefficient (Wildman–Crippen LogP) is 4.18. The van der Waals surface area contributed by atoms with Gasteiger partial charge in [0.25, 0.3) is 0 Å². The number of thiophene rings is 1. The summed E-state index contributed by atoms with van der Waals surface area (Å²) < 4.78 is 7.83. The van der Waals surface area contributed by atoms with Gasteiger partial charge < -0.3 is 9.73 Å². The largest absolute Gasteiger partial charge is 0.438 e. The number of oxazole rings is 1. The van der Waals surface area contributed by atoms with Gasteiger partial charge in [-0.3, -0.25) is 0 Å². The summed E-state index contributed by atoms with van der Waals surface area (Å²) >= 11 is 8.58. The Labute approximate surface area is 120 Å². The molecule has 0 saturated heterocycles. The van der Waals surface area contributed by atoms with Crippen LogP contribution in [0.25, 0.3) is 10.6 Å². The summed E-state index contributed by atoms with van der Waals surface area (Å²) in [5, 5.41) is 3.38. The summed E-state index contributed by atoms with van der Waals surface area (Å²) in [5.41, 5.74) is 0. The van der Waals surface area contributed by atoms with Crippen molar-refractivity contribution in [2.45, 2.75) is 25.4 Å². The van der Waals surface area contributed by atoms with Crippen molar-refractivity contribution < 1.29 is 4.42 Å². The highest BCUT2D eigenvalue weighted by atomic mass is 79.9. The Morgan fingerprint density at radius 1 is 1.47 bits per heavy atom. The number of hydrogen-bond acceptors (Lipinski definition) is 4. The molecule has 1 aliphatic rings. The summed E-state index contributed by atoms with van der Waals surface area (Å²) in [6, 6.07) is 2.71. The van der Waals surface area contributed by atoms with Crippen molar-refractivity contribution in [3.8, 4) is 10.6 Å². The third kappa shape index (κ3) is 2.81. The van der Waals surface area contributed by atoms with Gasteiger partial charge in [-0.1, -0.05) is 0 Å². The Hall–Kier alpha value is -0.170. The lowest BCUT2D eigenvalue weighted by Crippen LogP contribution is -2.15. The molecule has 1 fully saturated rings. The SMILES string of the molecule is Brc1cc(-c2cnc(CNC3CC3)o2)sc1Br. The average Bonchev–Trinajstić information content (AvgIpc) is 2.92. The first-order valence-electron chi connectivity index (χ1n) is 5.35. The van der Waals surface area contributed by atoms with Crippen molar-refractivity contribution >= 4 is 43.2 Å². The maximum Gasteiger partial charge on any atom is 0.208 e. The van der Waals surface area contributed by atoms with Crippen LogP contribution in [0.5, 0.6) is 0 Å². The van der Waals surface area contributed by atoms with Crippen LogP contribution in [0.15, 0.2) is 24.9 Å². The lowest BCUT2D eigenvalue weighted by atomic mass is 10.4. The molecule has 0 radical (unpaired) electrons. The molecule has 2 aromatic heterocycles. The highest BCUT2D eigenvalue weighted by Crippen LogP contribution is 2.38. The first kappa shape index (κ1) is 11.9. The summed E-state index contributed by atoms with van der Waals surface area (Å²) in [5.74, 6) is 1.58. The molecule has 0 amide bonds. The lowest BCUT2D eigenvalue weighted by molar-refractivity contribution is 0.477. The number of aromatic nitrogens is 1. The minimum Gasteiger partial charge on any atom is -0.438 e. The Morgan fingerprint density at radius 3 is 2.94 bits per heavy atom. The highest BCUT2D eigenvalue weighted by Gasteiger charge is 2.21. The fraction of sp³-hybridized carbons (Fsp3) is 0.364. The van der Waals surface area contributed by atoms with E-state index in [0.717, 1.165) is 31.3 Å². The van der Waals surface area contributed by atoms with Crippen LogP contribution in [0, 0.1) is 0 Å². The number of rotatable bonds is 4. The van der Waals surface area contributed by atoms with Gasteiger partial charge in [0.05, 0.1) is 21.4 Å². The molecule has 0 spiro atoms. The Kier molecular flexibility index (Phi) is 3.38. The van der Waals surface area contributed by atoms with E-state index < -0.39 is 0 Å². The van der Waals surface area contributed by atoms with Gasteiger partial charge >= 0.3 is 0 Å². The van der Waals surface area contributed by atoms with Gasteiger partial charge in [0.2, 0.25) is 5.89 Å². The predicted molar refractivity (Wildman–Crippen MR) is 75.1 cm³/mol. The van der Waals surface area contributed by atoms with Gasteiger partial charge in [-0.25, -0.2) is 4.98 Å². The molecule has 0 bridgehead atoms. The summed E-state index contributed by atoms with van der Waals surface area (Å²) in [6.07, 6.45) is 4.34. The van der Waals surface area contributed by atoms with Gasteiger partial charge in [-0.2, -0.15) is 0 Å². The van der Waals surface area contributed by atoms with E-state index in [1.807, 2.05) is 6.07 Å². The number of halogens is 2. The van der Waals surface area contributed by atoms with Crippen molar-refractivity contribution in [2.24, 2.45) is 0 Å². The standard InChI is InChI=1S/C11H10Br2N2OS/c12-7-3-9(17-11(7)13)8-4-15-10(16-8)5-14-6-1-2-6/h3-4,6,14H,1-2,5H2. The zero-order chi connectivity index (χ0) is 11.8. The smallest absolute Gasteiger partial charge is 0.208 e. The summed E-state index contributed by atoms with van der Waals surface area (Å²) in [6.45, 7) is 0.721. The molecular formula is C11H10Br2N2OS. The molecule has 0 aromatic carbocycles. The van der Waals surface area contributed by atoms with E-state index in [2.05, 4.69) is 42.2 Å². The quantitative estimate of drug-likeness (QED) is 0.868. The molecule has 2 aromatic rings. The van der Waals surface area contributed by atoms with Crippen LogP contribution < -0.4 is 5.32 Å². The molecule has 3 nitrogen and oxygen atoms in total. The highest BCUT2D eigenvalue weighted by molar-refractivity contribution is 9.13. The molecule has 1 N–H and O–H groups in total. The third-order valence-corrected chi connectivity index (χ3v) is 5.83. The van der Waals surface area contributed by atoms with Crippen molar-refractivity contribution in [3.05, 3.63) is 26.4 Å². The van der Waals surface area contributed by atoms with Crippen LogP contribution in [0.2, 0.25) is 0 Å². The number of nitrogens with zero attached hydrogens (tertiary/aromatic N) is 1. The second-order valence-electron chi connectivity index (χ2n) is 4.01. The third-order valence-electron chi connectivity index (χ3n) is 2.56. The van der Waals surface area contributed by atoms with E-state index in [1.54, 1.807) is 17.5 Å². The van der Waals surface area contributed by atoms with Gasteiger partial charge in [0.15, 0.2) is 5.76 Å². The van der Waals surface area contributed by atoms with Crippen LogP contribution >= 0.6 is 43.2 Å². The Balaban J connectivity index is 1.74. The Morgan fingerprint density at radius 2 is 2.29 bits per heavy atom. The van der Waals surface area contributed by atoms with Gasteiger partial charge in [0, 0.05) is 10.5 Å². The first-order valence-corrected chi connectivity index (χ1v) is 7.76. The monoisotopic (exact) mass is 376 g/mol. The minimum atomic E-state index is 0.676.